The van der Waals surface area contributed by atoms with Gasteiger partial charge in [0.2, 0.25) is 5.91 Å². The number of aliphatic hydroxyl groups excluding tert-OH is 1. The highest BCUT2D eigenvalue weighted by Crippen LogP contribution is 2.36. The Morgan fingerprint density at radius 2 is 1.83 bits per heavy atom. The van der Waals surface area contributed by atoms with Crippen LogP contribution in [0.4, 0.5) is 18.9 Å². The van der Waals surface area contributed by atoms with E-state index in [9.17, 15) is 27.9 Å². The van der Waals surface area contributed by atoms with E-state index >= 15 is 0 Å². The Morgan fingerprint density at radius 1 is 1.15 bits per heavy atom. The van der Waals surface area contributed by atoms with Crippen molar-refractivity contribution in [2.24, 2.45) is 11.8 Å². The van der Waals surface area contributed by atoms with Crippen LogP contribution in [0.25, 0.3) is 0 Å². The van der Waals surface area contributed by atoms with Crippen LogP contribution in [0.5, 0.6) is 5.75 Å². The summed E-state index contributed by atoms with van der Waals surface area (Å²) in [7, 11) is 1.86. The number of likely N-dealkylation sites (N-methyl/N-ethyl adjacent to an activating group) is 1. The van der Waals surface area contributed by atoms with Gasteiger partial charge in [-0.25, -0.2) is 0 Å². The van der Waals surface area contributed by atoms with Gasteiger partial charge in [0.15, 0.2) is 5.75 Å². The van der Waals surface area contributed by atoms with E-state index in [0.717, 1.165) is 49.8 Å². The van der Waals surface area contributed by atoms with Crippen LogP contribution in [0.2, 0.25) is 0 Å². The van der Waals surface area contributed by atoms with Crippen LogP contribution in [0.15, 0.2) is 42.5 Å². The first-order chi connectivity index (χ1) is 19.5. The second-order valence-electron chi connectivity index (χ2n) is 11.5. The molecule has 0 aromatic heterocycles. The molecule has 1 aliphatic carbocycles. The molecule has 1 saturated carbocycles. The molecular weight excluding hydrogens is 535 g/mol. The third kappa shape index (κ3) is 7.60. The molecule has 224 valence electrons. The number of carbonyl (C=O) groups is 2. The van der Waals surface area contributed by atoms with E-state index in [1.165, 1.54) is 12.1 Å². The number of ether oxygens (including phenoxy) is 1. The number of nitrogens with one attached hydrogen (secondary N) is 1. The van der Waals surface area contributed by atoms with Crippen LogP contribution in [0, 0.1) is 11.8 Å². The fourth-order valence-electron chi connectivity index (χ4n) is 5.64. The molecule has 1 aliphatic heterocycles. The molecule has 2 aliphatic rings. The lowest BCUT2D eigenvalue weighted by atomic mass is 9.88. The topological polar surface area (TPSA) is 82.1 Å². The van der Waals surface area contributed by atoms with Crippen molar-refractivity contribution in [3.8, 4) is 5.75 Å². The Kier molecular flexibility index (Phi) is 9.96. The largest absolute Gasteiger partial charge is 0.486 e. The number of para-hydroxylation sites is 1. The lowest BCUT2D eigenvalue weighted by molar-refractivity contribution is -0.137. The smallest absolute Gasteiger partial charge is 0.416 e. The number of amides is 2. The van der Waals surface area contributed by atoms with Crippen molar-refractivity contribution >= 4 is 17.5 Å². The fourth-order valence-corrected chi connectivity index (χ4v) is 5.64. The van der Waals surface area contributed by atoms with Gasteiger partial charge in [-0.15, -0.1) is 0 Å². The molecule has 4 rings (SSSR count). The number of aliphatic hydroxyl groups is 1. The molecule has 1 heterocycles. The van der Waals surface area contributed by atoms with Gasteiger partial charge in [0.25, 0.3) is 5.91 Å². The minimum absolute atomic E-state index is 0.0826. The Labute approximate surface area is 239 Å². The van der Waals surface area contributed by atoms with Crippen LogP contribution in [-0.2, 0) is 17.5 Å². The molecule has 0 bridgehead atoms. The molecule has 0 radical (unpaired) electrons. The maximum atomic E-state index is 13.7. The molecule has 2 aromatic rings. The van der Waals surface area contributed by atoms with Gasteiger partial charge < -0.3 is 20.1 Å². The summed E-state index contributed by atoms with van der Waals surface area (Å²) in [6.07, 6.45) is 0.00719. The molecular formula is C31H40F3N3O4. The first kappa shape index (κ1) is 30.8. The van der Waals surface area contributed by atoms with Crippen molar-refractivity contribution in [1.82, 2.24) is 9.80 Å². The fraction of sp³-hybridized carbons (Fsp3) is 0.548. The predicted molar refractivity (Wildman–Crippen MR) is 151 cm³/mol. The summed E-state index contributed by atoms with van der Waals surface area (Å²) in [5.74, 6) is -0.298. The van der Waals surface area contributed by atoms with Crippen molar-refractivity contribution in [1.29, 1.82) is 0 Å². The second kappa shape index (κ2) is 13.2. The Bertz CT molecular complexity index is 1200. The van der Waals surface area contributed by atoms with Crippen molar-refractivity contribution in [3.63, 3.8) is 0 Å². The van der Waals surface area contributed by atoms with E-state index in [-0.39, 0.29) is 30.3 Å². The van der Waals surface area contributed by atoms with E-state index in [2.05, 4.69) is 5.32 Å². The highest BCUT2D eigenvalue weighted by Gasteiger charge is 2.35. The SMILES string of the molecule is C[C@H](CO)N1C[C@H](C)[C@@H](CN(C)Cc2ccc(C(F)(F)F)cc2)Oc2c(NC(=O)C3CCCCC3)cccc2C1=O. The lowest BCUT2D eigenvalue weighted by Gasteiger charge is -2.38. The van der Waals surface area contributed by atoms with Crippen LogP contribution in [0.3, 0.4) is 0 Å². The van der Waals surface area contributed by atoms with E-state index in [0.29, 0.717) is 36.6 Å². The number of fused-ring (bicyclic) bond motifs is 1. The van der Waals surface area contributed by atoms with Gasteiger partial charge in [-0.1, -0.05) is 44.4 Å². The normalized spacial score (nSPS) is 21.1. The van der Waals surface area contributed by atoms with Crippen molar-refractivity contribution in [3.05, 3.63) is 59.2 Å². The number of nitrogens with zero attached hydrogens (tertiary/aromatic N) is 2. The molecule has 2 amide bonds. The van der Waals surface area contributed by atoms with Gasteiger partial charge in [-0.3, -0.25) is 14.5 Å². The van der Waals surface area contributed by atoms with Crippen molar-refractivity contribution in [2.75, 3.05) is 32.1 Å². The van der Waals surface area contributed by atoms with E-state index < -0.39 is 23.9 Å². The predicted octanol–water partition coefficient (Wildman–Crippen LogP) is 5.58. The van der Waals surface area contributed by atoms with E-state index in [4.69, 9.17) is 4.74 Å². The highest BCUT2D eigenvalue weighted by molar-refractivity contribution is 6.02. The highest BCUT2D eigenvalue weighted by atomic mass is 19.4. The molecule has 0 unspecified atom stereocenters. The molecule has 0 saturated heterocycles. The summed E-state index contributed by atoms with van der Waals surface area (Å²) in [6, 6.07) is 9.80. The molecule has 2 aromatic carbocycles. The first-order valence-electron chi connectivity index (χ1n) is 14.3. The summed E-state index contributed by atoms with van der Waals surface area (Å²) in [6.45, 7) is 4.71. The summed E-state index contributed by atoms with van der Waals surface area (Å²) in [4.78, 5) is 30.4. The number of anilines is 1. The molecule has 3 atom stereocenters. The first-order valence-corrected chi connectivity index (χ1v) is 14.3. The maximum Gasteiger partial charge on any atom is 0.416 e. The van der Waals surface area contributed by atoms with Crippen molar-refractivity contribution < 1.29 is 32.6 Å². The van der Waals surface area contributed by atoms with Crippen LogP contribution in [-0.4, -0.2) is 65.6 Å². The average molecular weight is 576 g/mol. The molecule has 41 heavy (non-hydrogen) atoms. The summed E-state index contributed by atoms with van der Waals surface area (Å²) < 4.78 is 45.5. The number of hydrogen-bond donors (Lipinski definition) is 2. The van der Waals surface area contributed by atoms with Crippen LogP contribution < -0.4 is 10.1 Å². The minimum Gasteiger partial charge on any atom is -0.486 e. The van der Waals surface area contributed by atoms with Gasteiger partial charge >= 0.3 is 6.18 Å². The molecule has 1 fully saturated rings. The van der Waals surface area contributed by atoms with Crippen molar-refractivity contribution in [2.45, 2.75) is 70.8 Å². The minimum atomic E-state index is -4.39. The van der Waals surface area contributed by atoms with E-state index in [1.54, 1.807) is 30.0 Å². The van der Waals surface area contributed by atoms with Gasteiger partial charge in [-0.05, 0) is 56.6 Å². The molecule has 10 heteroatoms. The number of benzene rings is 2. The monoisotopic (exact) mass is 575 g/mol. The quantitative estimate of drug-likeness (QED) is 0.430. The van der Waals surface area contributed by atoms with E-state index in [1.807, 2.05) is 18.9 Å². The summed E-state index contributed by atoms with van der Waals surface area (Å²) >= 11 is 0. The zero-order valence-corrected chi connectivity index (χ0v) is 23.9. The van der Waals surface area contributed by atoms with Crippen LogP contribution in [0.1, 0.15) is 67.4 Å². The third-order valence-corrected chi connectivity index (χ3v) is 8.15. The number of rotatable bonds is 8. The standard InChI is InChI=1S/C31H40F3N3O4/c1-20-16-37(21(2)19-38)30(40)25-10-7-11-26(35-29(39)23-8-5-4-6-9-23)28(25)41-27(20)18-36(3)17-22-12-14-24(15-13-22)31(32,33)34/h7,10-15,20-21,23,27,38H,4-6,8-9,16-19H2,1-3H3,(H,35,39)/t20-,21+,27+/m0/s1. The zero-order valence-electron chi connectivity index (χ0n) is 23.9. The maximum absolute atomic E-state index is 13.7. The van der Waals surface area contributed by atoms with Gasteiger partial charge in [0, 0.05) is 31.5 Å². The zero-order chi connectivity index (χ0) is 29.7. The molecule has 7 nitrogen and oxygen atoms in total. The Hall–Kier alpha value is -3.11. The average Bonchev–Trinajstić information content (AvgIpc) is 2.95. The summed E-state index contributed by atoms with van der Waals surface area (Å²) in [5.41, 5.74) is 0.787. The van der Waals surface area contributed by atoms with Gasteiger partial charge in [0.1, 0.15) is 6.10 Å². The number of carbonyl (C=O) groups excluding carboxylic acids is 2. The lowest BCUT2D eigenvalue weighted by Crippen LogP contribution is -2.49. The second-order valence-corrected chi connectivity index (χ2v) is 11.5. The summed E-state index contributed by atoms with van der Waals surface area (Å²) in [5, 5.41) is 12.9. The Morgan fingerprint density at radius 3 is 2.46 bits per heavy atom. The Balaban J connectivity index is 1.60. The molecule has 2 N–H and O–H groups in total. The number of hydrogen-bond acceptors (Lipinski definition) is 5. The van der Waals surface area contributed by atoms with Gasteiger partial charge in [-0.2, -0.15) is 13.2 Å². The number of alkyl halides is 3. The van der Waals surface area contributed by atoms with Gasteiger partial charge in [0.05, 0.1) is 29.5 Å². The van der Waals surface area contributed by atoms with Crippen LogP contribution >= 0.6 is 0 Å². The third-order valence-electron chi connectivity index (χ3n) is 8.15. The molecule has 0 spiro atoms. The number of halogens is 3.